The summed E-state index contributed by atoms with van der Waals surface area (Å²) in [4.78, 5) is 21.0. The maximum atomic E-state index is 12.1. The van der Waals surface area contributed by atoms with Gasteiger partial charge in [-0.2, -0.15) is 0 Å². The zero-order chi connectivity index (χ0) is 16.8. The largest absolute Gasteiger partial charge is 0.376 e. The average Bonchev–Trinajstić information content (AvgIpc) is 3.14. The molecule has 6 nitrogen and oxygen atoms in total. The molecule has 0 radical (unpaired) electrons. The van der Waals surface area contributed by atoms with Crippen LogP contribution in [0.15, 0.2) is 24.5 Å². The molecule has 24 heavy (non-hydrogen) atoms. The molecule has 2 aliphatic rings. The third kappa shape index (κ3) is 4.75. The molecule has 1 aromatic rings. The van der Waals surface area contributed by atoms with Gasteiger partial charge in [-0.25, -0.2) is 0 Å². The quantitative estimate of drug-likeness (QED) is 0.844. The van der Waals surface area contributed by atoms with Gasteiger partial charge in [-0.1, -0.05) is 6.07 Å². The van der Waals surface area contributed by atoms with Crippen LogP contribution in [0, 0.1) is 0 Å². The molecule has 6 heteroatoms. The minimum atomic E-state index is 0.110. The van der Waals surface area contributed by atoms with E-state index >= 15 is 0 Å². The molecule has 0 bridgehead atoms. The molecule has 1 amide bonds. The molecule has 2 fully saturated rings. The number of hydrogen-bond acceptors (Lipinski definition) is 5. The van der Waals surface area contributed by atoms with Crippen LogP contribution in [0.5, 0.6) is 0 Å². The third-order valence-corrected chi connectivity index (χ3v) is 5.04. The van der Waals surface area contributed by atoms with Crippen LogP contribution < -0.4 is 5.32 Å². The van der Waals surface area contributed by atoms with Crippen molar-refractivity contribution < 1.29 is 9.53 Å². The van der Waals surface area contributed by atoms with Crippen molar-refractivity contribution in [3.8, 4) is 0 Å². The van der Waals surface area contributed by atoms with Gasteiger partial charge in [0.1, 0.15) is 0 Å². The van der Waals surface area contributed by atoms with Gasteiger partial charge < -0.3 is 10.1 Å². The standard InChI is InChI=1S/C18H28N4O2/c1-15(16-4-2-6-19-12-16)22-9-7-21(8-10-22)14-18(23)20-13-17-5-3-11-24-17/h2,4,6,12,15,17H,3,5,7-11,13-14H2,1H3,(H,20,23). The highest BCUT2D eigenvalue weighted by Crippen LogP contribution is 2.20. The number of ether oxygens (including phenoxy) is 1. The molecule has 1 aromatic heterocycles. The maximum absolute atomic E-state index is 12.1. The van der Waals surface area contributed by atoms with Crippen molar-refractivity contribution in [2.45, 2.75) is 31.9 Å². The fourth-order valence-corrected chi connectivity index (χ4v) is 3.43. The van der Waals surface area contributed by atoms with E-state index in [-0.39, 0.29) is 12.0 Å². The highest BCUT2D eigenvalue weighted by atomic mass is 16.5. The van der Waals surface area contributed by atoms with Crippen molar-refractivity contribution in [3.05, 3.63) is 30.1 Å². The fraction of sp³-hybridized carbons (Fsp3) is 0.667. The third-order valence-electron chi connectivity index (χ3n) is 5.04. The number of rotatable bonds is 6. The number of nitrogens with one attached hydrogen (secondary N) is 1. The molecule has 3 heterocycles. The second kappa shape index (κ2) is 8.55. The monoisotopic (exact) mass is 332 g/mol. The van der Waals surface area contributed by atoms with Gasteiger partial charge >= 0.3 is 0 Å². The minimum Gasteiger partial charge on any atom is -0.376 e. The van der Waals surface area contributed by atoms with Gasteiger partial charge in [-0.15, -0.1) is 0 Å². The Morgan fingerprint density at radius 2 is 2.25 bits per heavy atom. The van der Waals surface area contributed by atoms with Crippen LogP contribution in [0.2, 0.25) is 0 Å². The first-order valence-corrected chi connectivity index (χ1v) is 8.97. The molecule has 0 spiro atoms. The van der Waals surface area contributed by atoms with E-state index in [9.17, 15) is 4.79 Å². The normalized spacial score (nSPS) is 24.0. The summed E-state index contributed by atoms with van der Waals surface area (Å²) in [5.41, 5.74) is 1.25. The van der Waals surface area contributed by atoms with Crippen LogP contribution in [-0.4, -0.2) is 72.7 Å². The maximum Gasteiger partial charge on any atom is 0.234 e. The lowest BCUT2D eigenvalue weighted by molar-refractivity contribution is -0.123. The Bertz CT molecular complexity index is 511. The first-order chi connectivity index (χ1) is 11.7. The molecule has 2 unspecified atom stereocenters. The molecule has 3 rings (SSSR count). The van der Waals surface area contributed by atoms with Gasteiger partial charge in [-0.3, -0.25) is 19.6 Å². The van der Waals surface area contributed by atoms with E-state index in [0.29, 0.717) is 19.1 Å². The number of carbonyl (C=O) groups is 1. The van der Waals surface area contributed by atoms with E-state index in [1.54, 1.807) is 0 Å². The summed E-state index contributed by atoms with van der Waals surface area (Å²) in [7, 11) is 0. The topological polar surface area (TPSA) is 57.7 Å². The molecule has 1 N–H and O–H groups in total. The Hall–Kier alpha value is -1.50. The Kier molecular flexibility index (Phi) is 6.18. The number of piperazine rings is 1. The van der Waals surface area contributed by atoms with Crippen molar-refractivity contribution in [1.29, 1.82) is 0 Å². The molecule has 2 saturated heterocycles. The number of nitrogens with zero attached hydrogens (tertiary/aromatic N) is 3. The minimum absolute atomic E-state index is 0.110. The van der Waals surface area contributed by atoms with Crippen molar-refractivity contribution in [3.63, 3.8) is 0 Å². The SMILES string of the molecule is CC(c1cccnc1)N1CCN(CC(=O)NCC2CCCO2)CC1. The lowest BCUT2D eigenvalue weighted by Crippen LogP contribution is -2.50. The molecule has 132 valence electrons. The van der Waals surface area contributed by atoms with E-state index in [4.69, 9.17) is 4.74 Å². The molecular weight excluding hydrogens is 304 g/mol. The van der Waals surface area contributed by atoms with E-state index in [1.165, 1.54) is 5.56 Å². The van der Waals surface area contributed by atoms with Crippen molar-refractivity contribution in [2.24, 2.45) is 0 Å². The van der Waals surface area contributed by atoms with Gasteiger partial charge in [0.25, 0.3) is 0 Å². The summed E-state index contributed by atoms with van der Waals surface area (Å²) in [5, 5.41) is 3.00. The second-order valence-electron chi connectivity index (χ2n) is 6.71. The Balaban J connectivity index is 1.37. The number of amides is 1. The predicted molar refractivity (Wildman–Crippen MR) is 92.6 cm³/mol. The van der Waals surface area contributed by atoms with Gasteiger partial charge in [0.15, 0.2) is 0 Å². The fourth-order valence-electron chi connectivity index (χ4n) is 3.43. The van der Waals surface area contributed by atoms with Crippen molar-refractivity contribution >= 4 is 5.91 Å². The Morgan fingerprint density at radius 3 is 2.92 bits per heavy atom. The van der Waals surface area contributed by atoms with E-state index in [1.807, 2.05) is 18.5 Å². The zero-order valence-corrected chi connectivity index (χ0v) is 14.5. The van der Waals surface area contributed by atoms with Crippen molar-refractivity contribution in [2.75, 3.05) is 45.9 Å². The average molecular weight is 332 g/mol. The zero-order valence-electron chi connectivity index (χ0n) is 14.5. The van der Waals surface area contributed by atoms with Gasteiger partial charge in [0.2, 0.25) is 5.91 Å². The highest BCUT2D eigenvalue weighted by molar-refractivity contribution is 5.78. The van der Waals surface area contributed by atoms with Crippen LogP contribution >= 0.6 is 0 Å². The second-order valence-corrected chi connectivity index (χ2v) is 6.71. The lowest BCUT2D eigenvalue weighted by Gasteiger charge is -2.37. The predicted octanol–water partition coefficient (Wildman–Crippen LogP) is 1.06. The summed E-state index contributed by atoms with van der Waals surface area (Å²) in [5.74, 6) is 0.110. The van der Waals surface area contributed by atoms with Gasteiger partial charge in [0.05, 0.1) is 12.6 Å². The number of hydrogen-bond donors (Lipinski definition) is 1. The van der Waals surface area contributed by atoms with E-state index in [0.717, 1.165) is 45.6 Å². The highest BCUT2D eigenvalue weighted by Gasteiger charge is 2.23. The van der Waals surface area contributed by atoms with Crippen molar-refractivity contribution in [1.82, 2.24) is 20.1 Å². The van der Waals surface area contributed by atoms with Gasteiger partial charge in [-0.05, 0) is 31.4 Å². The first-order valence-electron chi connectivity index (χ1n) is 8.97. The molecule has 2 aliphatic heterocycles. The molecule has 2 atom stereocenters. The van der Waals surface area contributed by atoms with Crippen LogP contribution in [0.1, 0.15) is 31.4 Å². The smallest absolute Gasteiger partial charge is 0.234 e. The Labute approximate surface area is 144 Å². The van der Waals surface area contributed by atoms with E-state index in [2.05, 4.69) is 33.1 Å². The van der Waals surface area contributed by atoms with Gasteiger partial charge in [0, 0.05) is 57.8 Å². The summed E-state index contributed by atoms with van der Waals surface area (Å²) in [6.07, 6.45) is 6.13. The number of pyridine rings is 1. The van der Waals surface area contributed by atoms with Crippen LogP contribution in [0.25, 0.3) is 0 Å². The Morgan fingerprint density at radius 1 is 1.42 bits per heavy atom. The molecule has 0 aliphatic carbocycles. The van der Waals surface area contributed by atoms with Crippen LogP contribution in [0.3, 0.4) is 0 Å². The number of carbonyl (C=O) groups excluding carboxylic acids is 1. The summed E-state index contributed by atoms with van der Waals surface area (Å²) in [6, 6.07) is 4.48. The molecular formula is C18H28N4O2. The van der Waals surface area contributed by atoms with Crippen LogP contribution in [0.4, 0.5) is 0 Å². The first kappa shape index (κ1) is 17.3. The summed E-state index contributed by atoms with van der Waals surface area (Å²) < 4.78 is 5.54. The number of aromatic nitrogens is 1. The summed E-state index contributed by atoms with van der Waals surface area (Å²) >= 11 is 0. The summed E-state index contributed by atoms with van der Waals surface area (Å²) in [6.45, 7) is 8.01. The van der Waals surface area contributed by atoms with Crippen LogP contribution in [-0.2, 0) is 9.53 Å². The lowest BCUT2D eigenvalue weighted by atomic mass is 10.1. The van der Waals surface area contributed by atoms with E-state index < -0.39 is 0 Å². The molecule has 0 aromatic carbocycles. The molecule has 0 saturated carbocycles.